The number of methoxy groups -OCH3 is 1. The van der Waals surface area contributed by atoms with Gasteiger partial charge in [-0.05, 0) is 0 Å². The van der Waals surface area contributed by atoms with Crippen LogP contribution in [-0.4, -0.2) is 158 Å². The van der Waals surface area contributed by atoms with Gasteiger partial charge in [0.25, 0.3) is 0 Å². The van der Waals surface area contributed by atoms with Crippen molar-refractivity contribution in [1.29, 1.82) is 0 Å². The van der Waals surface area contributed by atoms with Crippen molar-refractivity contribution in [1.82, 2.24) is 0 Å². The van der Waals surface area contributed by atoms with Crippen LogP contribution in [0.3, 0.4) is 0 Å². The molecule has 14 unspecified atom stereocenters. The number of rotatable bonds is 7. The van der Waals surface area contributed by atoms with Crippen molar-refractivity contribution >= 4 is 5.97 Å². The fourth-order valence-corrected chi connectivity index (χ4v) is 3.91. The van der Waals surface area contributed by atoms with Gasteiger partial charge in [0.2, 0.25) is 0 Å². The molecule has 9 N–H and O–H groups in total. The predicted molar refractivity (Wildman–Crippen MR) is 101 cm³/mol. The zero-order valence-corrected chi connectivity index (χ0v) is 17.9. The summed E-state index contributed by atoms with van der Waals surface area (Å²) in [5.41, 5.74) is 0. The van der Waals surface area contributed by atoms with E-state index in [0.717, 1.165) is 7.11 Å². The zero-order valence-electron chi connectivity index (χ0n) is 17.9. The molecule has 0 aliphatic carbocycles. The van der Waals surface area contributed by atoms with E-state index < -0.39 is 105 Å². The van der Waals surface area contributed by atoms with Crippen LogP contribution in [0.4, 0.5) is 0 Å². The van der Waals surface area contributed by atoms with Crippen molar-refractivity contribution in [2.45, 2.75) is 86.0 Å². The fraction of sp³-hybridized carbons (Fsp3) is 0.944. The number of carboxylic acid groups (broad SMARTS) is 1. The number of aliphatic carboxylic acids is 1. The van der Waals surface area contributed by atoms with Gasteiger partial charge in [0.1, 0.15) is 61.0 Å². The molecule has 0 amide bonds. The Morgan fingerprint density at radius 3 is 2.00 bits per heavy atom. The molecule has 0 aromatic heterocycles. The summed E-state index contributed by atoms with van der Waals surface area (Å²) in [5, 5.41) is 89.4. The first-order valence-electron chi connectivity index (χ1n) is 10.4. The molecular weight excluding hydrogens is 472 g/mol. The van der Waals surface area contributed by atoms with Crippen LogP contribution in [0.25, 0.3) is 0 Å². The van der Waals surface area contributed by atoms with E-state index in [1.807, 2.05) is 0 Å². The molecule has 14 atom stereocenters. The maximum Gasteiger partial charge on any atom is 0.335 e. The van der Waals surface area contributed by atoms with E-state index in [9.17, 15) is 50.8 Å². The number of ether oxygens (including phenoxy) is 6. The molecule has 16 nitrogen and oxygen atoms in total. The SMILES string of the molecule is COC1OC(C(=O)O)C(O)C(OC2OCC(O)C(O)C2O)C1OC1OC(CO)C(O)C(O)C1O. The van der Waals surface area contributed by atoms with E-state index in [4.69, 9.17) is 28.4 Å². The minimum absolute atomic E-state index is 0.462. The van der Waals surface area contributed by atoms with E-state index >= 15 is 0 Å². The quantitative estimate of drug-likeness (QED) is 0.157. The van der Waals surface area contributed by atoms with E-state index in [1.165, 1.54) is 0 Å². The van der Waals surface area contributed by atoms with Crippen LogP contribution in [0.5, 0.6) is 0 Å². The second-order valence-corrected chi connectivity index (χ2v) is 8.14. The lowest BCUT2D eigenvalue weighted by molar-refractivity contribution is -0.382. The minimum atomic E-state index is -1.97. The van der Waals surface area contributed by atoms with Gasteiger partial charge >= 0.3 is 5.97 Å². The van der Waals surface area contributed by atoms with Gasteiger partial charge < -0.3 is 74.4 Å². The van der Waals surface area contributed by atoms with Gasteiger partial charge in [0.05, 0.1) is 13.2 Å². The lowest BCUT2D eigenvalue weighted by Crippen LogP contribution is -2.67. The molecule has 3 fully saturated rings. The number of hydrogen-bond donors (Lipinski definition) is 9. The molecule has 0 spiro atoms. The molecule has 3 saturated heterocycles. The summed E-state index contributed by atoms with van der Waals surface area (Å²) in [5.74, 6) is -1.60. The Bertz CT molecular complexity index is 678. The molecule has 0 aromatic rings. The third-order valence-electron chi connectivity index (χ3n) is 5.88. The maximum absolute atomic E-state index is 11.6. The van der Waals surface area contributed by atoms with E-state index in [0.29, 0.717) is 0 Å². The summed E-state index contributed by atoms with van der Waals surface area (Å²) in [4.78, 5) is 11.6. The monoisotopic (exact) mass is 502 g/mol. The highest BCUT2D eigenvalue weighted by atomic mass is 16.8. The second kappa shape index (κ2) is 11.3. The topological polar surface area (TPSA) is 255 Å². The van der Waals surface area contributed by atoms with Crippen molar-refractivity contribution in [3.63, 3.8) is 0 Å². The molecule has 0 radical (unpaired) electrons. The number of carbonyl (C=O) groups is 1. The Hall–Kier alpha value is -1.09. The van der Waals surface area contributed by atoms with Crippen molar-refractivity contribution in [2.75, 3.05) is 20.3 Å². The third kappa shape index (κ3) is 5.35. The summed E-state index contributed by atoms with van der Waals surface area (Å²) in [7, 11) is 1.11. The van der Waals surface area contributed by atoms with Crippen LogP contribution in [0.1, 0.15) is 0 Å². The Morgan fingerprint density at radius 2 is 1.41 bits per heavy atom. The van der Waals surface area contributed by atoms with E-state index in [-0.39, 0.29) is 0 Å². The number of aliphatic hydroxyl groups excluding tert-OH is 8. The van der Waals surface area contributed by atoms with Crippen LogP contribution in [0, 0.1) is 0 Å². The largest absolute Gasteiger partial charge is 0.479 e. The molecule has 0 bridgehead atoms. The molecule has 3 rings (SSSR count). The predicted octanol–water partition coefficient (Wildman–Crippen LogP) is -6.19. The van der Waals surface area contributed by atoms with Crippen LogP contribution < -0.4 is 0 Å². The molecule has 16 heteroatoms. The van der Waals surface area contributed by atoms with Crippen molar-refractivity contribution in [3.8, 4) is 0 Å². The van der Waals surface area contributed by atoms with Crippen LogP contribution in [-0.2, 0) is 33.2 Å². The lowest BCUT2D eigenvalue weighted by Gasteiger charge is -2.47. The maximum atomic E-state index is 11.6. The highest BCUT2D eigenvalue weighted by molar-refractivity contribution is 5.73. The zero-order chi connectivity index (χ0) is 25.3. The van der Waals surface area contributed by atoms with Crippen LogP contribution >= 0.6 is 0 Å². The van der Waals surface area contributed by atoms with Crippen LogP contribution in [0.2, 0.25) is 0 Å². The average molecular weight is 502 g/mol. The highest BCUT2D eigenvalue weighted by Gasteiger charge is 2.55. The van der Waals surface area contributed by atoms with Gasteiger partial charge in [-0.25, -0.2) is 4.79 Å². The molecule has 0 saturated carbocycles. The highest BCUT2D eigenvalue weighted by Crippen LogP contribution is 2.32. The lowest BCUT2D eigenvalue weighted by atomic mass is 9.96. The van der Waals surface area contributed by atoms with Crippen LogP contribution in [0.15, 0.2) is 0 Å². The Kier molecular flexibility index (Phi) is 9.15. The molecule has 3 aliphatic rings. The van der Waals surface area contributed by atoms with Gasteiger partial charge in [-0.2, -0.15) is 0 Å². The molecule has 34 heavy (non-hydrogen) atoms. The van der Waals surface area contributed by atoms with Gasteiger partial charge in [0.15, 0.2) is 25.0 Å². The van der Waals surface area contributed by atoms with Crippen molar-refractivity contribution in [3.05, 3.63) is 0 Å². The summed E-state index contributed by atoms with van der Waals surface area (Å²) < 4.78 is 31.9. The smallest absolute Gasteiger partial charge is 0.335 e. The molecule has 3 heterocycles. The van der Waals surface area contributed by atoms with E-state index in [1.54, 1.807) is 0 Å². The molecule has 0 aromatic carbocycles. The first kappa shape index (κ1) is 27.5. The first-order chi connectivity index (χ1) is 16.0. The van der Waals surface area contributed by atoms with E-state index in [2.05, 4.69) is 0 Å². The van der Waals surface area contributed by atoms with Gasteiger partial charge in [-0.3, -0.25) is 0 Å². The molecule has 198 valence electrons. The standard InChI is InChI=1S/C18H30O16/c1-29-18-14(34-17-10(25)8(23)7(22)5(2-19)31-17)12(11(26)13(33-18)15(27)28)32-16-9(24)6(21)4(20)3-30-16/h4-14,16-26H,2-3H2,1H3,(H,27,28). The van der Waals surface area contributed by atoms with Gasteiger partial charge in [0, 0.05) is 7.11 Å². The van der Waals surface area contributed by atoms with Crippen molar-refractivity contribution in [2.24, 2.45) is 0 Å². The Labute approximate surface area is 192 Å². The minimum Gasteiger partial charge on any atom is -0.479 e. The van der Waals surface area contributed by atoms with Crippen molar-refractivity contribution < 1.29 is 79.2 Å². The number of carboxylic acids is 1. The summed E-state index contributed by atoms with van der Waals surface area (Å²) in [6.45, 7) is -1.22. The Balaban J connectivity index is 1.87. The number of aliphatic hydroxyl groups is 8. The summed E-state index contributed by atoms with van der Waals surface area (Å²) in [6.07, 6.45) is -23.8. The summed E-state index contributed by atoms with van der Waals surface area (Å²) >= 11 is 0. The molecular formula is C18H30O16. The fourth-order valence-electron chi connectivity index (χ4n) is 3.91. The summed E-state index contributed by atoms with van der Waals surface area (Å²) in [6, 6.07) is 0. The average Bonchev–Trinajstić information content (AvgIpc) is 2.81. The van der Waals surface area contributed by atoms with Gasteiger partial charge in [-0.15, -0.1) is 0 Å². The normalized spacial score (nSPS) is 50.1. The first-order valence-corrected chi connectivity index (χ1v) is 10.4. The van der Waals surface area contributed by atoms with Gasteiger partial charge in [-0.1, -0.05) is 0 Å². The number of hydrogen-bond acceptors (Lipinski definition) is 15. The third-order valence-corrected chi connectivity index (χ3v) is 5.88. The molecule has 3 aliphatic heterocycles. The second-order valence-electron chi connectivity index (χ2n) is 8.14. The Morgan fingerprint density at radius 1 is 0.794 bits per heavy atom.